The molecule has 0 aliphatic carbocycles. The standard InChI is InChI=1S/C72H146O/c1-3-5-7-9-11-13-15-17-19-21-23-25-27-29-31-33-35-37-39-41-43-45-47-49-51-53-55-57-59-61-63-65-67-69-71-73-72-70-68-66-64-62-60-58-56-54-52-50-48-46-44-42-40-38-36-34-32-30-28-26-24-22-20-18-16-14-12-10-8-6-4-2/h3-72H2,1-2H3. The van der Waals surface area contributed by atoms with Gasteiger partial charge in [-0.05, 0) is 12.8 Å². The summed E-state index contributed by atoms with van der Waals surface area (Å²) < 4.78 is 5.97. The van der Waals surface area contributed by atoms with Gasteiger partial charge in [-0.25, -0.2) is 0 Å². The highest BCUT2D eigenvalue weighted by Gasteiger charge is 2.01. The monoisotopic (exact) mass is 1030 g/mol. The molecule has 0 fully saturated rings. The number of ether oxygens (including phenoxy) is 1. The summed E-state index contributed by atoms with van der Waals surface area (Å²) in [7, 11) is 0. The molecule has 0 aliphatic heterocycles. The van der Waals surface area contributed by atoms with E-state index in [9.17, 15) is 0 Å². The summed E-state index contributed by atoms with van der Waals surface area (Å²) in [4.78, 5) is 0. The Balaban J connectivity index is 3.07. The highest BCUT2D eigenvalue weighted by atomic mass is 16.5. The highest BCUT2D eigenvalue weighted by molar-refractivity contribution is 4.56. The van der Waals surface area contributed by atoms with Crippen LogP contribution < -0.4 is 0 Å². The van der Waals surface area contributed by atoms with Crippen LogP contribution in [-0.4, -0.2) is 13.2 Å². The predicted octanol–water partition coefficient (Wildman–Crippen LogP) is 27.6. The third-order valence-corrected chi connectivity index (χ3v) is 17.3. The lowest BCUT2D eigenvalue weighted by molar-refractivity contribution is 0.125. The minimum absolute atomic E-state index is 0.999. The summed E-state index contributed by atoms with van der Waals surface area (Å²) in [6.45, 7) is 6.63. The fraction of sp³-hybridized carbons (Fsp3) is 1.00. The molecule has 0 rings (SSSR count). The Kier molecular flexibility index (Phi) is 71.9. The topological polar surface area (TPSA) is 9.23 Å². The summed E-state index contributed by atoms with van der Waals surface area (Å²) >= 11 is 0. The minimum atomic E-state index is 0.999. The van der Waals surface area contributed by atoms with E-state index in [0.717, 1.165) is 13.2 Å². The molecule has 0 aromatic heterocycles. The van der Waals surface area contributed by atoms with Crippen LogP contribution >= 0.6 is 0 Å². The SMILES string of the molecule is CCCCCCCCCCCCCCCCCCCCCCCCCCCCCCCCCCCCOCCCCCCCCCCCCCCCCCCCCCCCCCCCCCCCCCCCC. The van der Waals surface area contributed by atoms with Crippen molar-refractivity contribution in [3.05, 3.63) is 0 Å². The first kappa shape index (κ1) is 73.0. The maximum absolute atomic E-state index is 5.97. The molecular formula is C72H146O. The van der Waals surface area contributed by atoms with Crippen molar-refractivity contribution in [1.29, 1.82) is 0 Å². The molecule has 1 heteroatoms. The molecule has 0 spiro atoms. The lowest BCUT2D eigenvalue weighted by atomic mass is 10.0. The quantitative estimate of drug-likeness (QED) is 0.0552. The molecule has 0 unspecified atom stereocenters. The highest BCUT2D eigenvalue weighted by Crippen LogP contribution is 2.20. The lowest BCUT2D eigenvalue weighted by Crippen LogP contribution is -1.97. The smallest absolute Gasteiger partial charge is 0.0466 e. The maximum Gasteiger partial charge on any atom is 0.0466 e. The Morgan fingerprint density at radius 2 is 0.192 bits per heavy atom. The molecule has 73 heavy (non-hydrogen) atoms. The van der Waals surface area contributed by atoms with E-state index in [1.165, 1.54) is 437 Å². The molecule has 440 valence electrons. The van der Waals surface area contributed by atoms with Crippen molar-refractivity contribution in [3.63, 3.8) is 0 Å². The molecule has 0 amide bonds. The van der Waals surface area contributed by atoms with Crippen molar-refractivity contribution >= 4 is 0 Å². The van der Waals surface area contributed by atoms with Crippen LogP contribution in [0.5, 0.6) is 0 Å². The van der Waals surface area contributed by atoms with E-state index < -0.39 is 0 Å². The van der Waals surface area contributed by atoms with E-state index in [4.69, 9.17) is 4.74 Å². The van der Waals surface area contributed by atoms with Gasteiger partial charge in [-0.2, -0.15) is 0 Å². The molecule has 1 nitrogen and oxygen atoms in total. The van der Waals surface area contributed by atoms with E-state index >= 15 is 0 Å². The summed E-state index contributed by atoms with van der Waals surface area (Å²) in [5.74, 6) is 0. The fourth-order valence-electron chi connectivity index (χ4n) is 12.0. The second-order valence-electron chi connectivity index (χ2n) is 24.9. The first-order chi connectivity index (χ1) is 36.4. The molecular weight excluding hydrogens is 881 g/mol. The van der Waals surface area contributed by atoms with Crippen LogP contribution in [0.3, 0.4) is 0 Å². The fourth-order valence-corrected chi connectivity index (χ4v) is 12.0. The van der Waals surface area contributed by atoms with Gasteiger partial charge in [0.05, 0.1) is 0 Å². The Labute approximate surface area is 466 Å². The Bertz CT molecular complexity index is 811. The van der Waals surface area contributed by atoms with Crippen molar-refractivity contribution in [1.82, 2.24) is 0 Å². The predicted molar refractivity (Wildman–Crippen MR) is 336 cm³/mol. The average molecular weight is 1030 g/mol. The number of rotatable bonds is 70. The van der Waals surface area contributed by atoms with Gasteiger partial charge in [0.15, 0.2) is 0 Å². The van der Waals surface area contributed by atoms with Crippen molar-refractivity contribution in [2.75, 3.05) is 13.2 Å². The van der Waals surface area contributed by atoms with Crippen LogP contribution in [0.15, 0.2) is 0 Å². The van der Waals surface area contributed by atoms with Gasteiger partial charge in [0.1, 0.15) is 0 Å². The zero-order valence-electron chi connectivity index (χ0n) is 51.9. The summed E-state index contributed by atoms with van der Waals surface area (Å²) in [6, 6.07) is 0. The maximum atomic E-state index is 5.97. The molecule has 0 atom stereocenters. The molecule has 0 aromatic carbocycles. The van der Waals surface area contributed by atoms with Gasteiger partial charge in [0, 0.05) is 13.2 Å². The number of hydrogen-bond donors (Lipinski definition) is 0. The third kappa shape index (κ3) is 72.0. The summed E-state index contributed by atoms with van der Waals surface area (Å²) in [6.07, 6.45) is 99.9. The third-order valence-electron chi connectivity index (χ3n) is 17.3. The van der Waals surface area contributed by atoms with Crippen LogP contribution in [-0.2, 0) is 4.74 Å². The van der Waals surface area contributed by atoms with Gasteiger partial charge < -0.3 is 4.74 Å². The van der Waals surface area contributed by atoms with Gasteiger partial charge in [0.25, 0.3) is 0 Å². The Hall–Kier alpha value is -0.0400. The van der Waals surface area contributed by atoms with Crippen LogP contribution in [0, 0.1) is 0 Å². The Morgan fingerprint density at radius 1 is 0.110 bits per heavy atom. The largest absolute Gasteiger partial charge is 0.381 e. The van der Waals surface area contributed by atoms with Gasteiger partial charge >= 0.3 is 0 Å². The zero-order chi connectivity index (χ0) is 52.2. The van der Waals surface area contributed by atoms with Gasteiger partial charge in [-0.15, -0.1) is 0 Å². The number of hydrogen-bond acceptors (Lipinski definition) is 1. The van der Waals surface area contributed by atoms with E-state index in [1.54, 1.807) is 0 Å². The molecule has 0 aliphatic rings. The molecule has 0 saturated carbocycles. The normalized spacial score (nSPS) is 11.8. The van der Waals surface area contributed by atoms with Crippen LogP contribution in [0.1, 0.15) is 450 Å². The van der Waals surface area contributed by atoms with Gasteiger partial charge in [-0.3, -0.25) is 0 Å². The number of unbranched alkanes of at least 4 members (excludes halogenated alkanes) is 66. The molecule has 0 bridgehead atoms. The first-order valence-corrected chi connectivity index (χ1v) is 36.0. The molecule has 0 N–H and O–H groups in total. The minimum Gasteiger partial charge on any atom is -0.381 e. The van der Waals surface area contributed by atoms with Crippen molar-refractivity contribution in [3.8, 4) is 0 Å². The van der Waals surface area contributed by atoms with Gasteiger partial charge in [0.2, 0.25) is 0 Å². The first-order valence-electron chi connectivity index (χ1n) is 36.0. The molecule has 0 heterocycles. The van der Waals surface area contributed by atoms with Crippen LogP contribution in [0.2, 0.25) is 0 Å². The second-order valence-corrected chi connectivity index (χ2v) is 24.9. The van der Waals surface area contributed by atoms with E-state index in [1.807, 2.05) is 0 Å². The lowest BCUT2D eigenvalue weighted by Gasteiger charge is -2.06. The van der Waals surface area contributed by atoms with Crippen LogP contribution in [0.25, 0.3) is 0 Å². The molecule has 0 aromatic rings. The van der Waals surface area contributed by atoms with Crippen molar-refractivity contribution < 1.29 is 4.74 Å². The Morgan fingerprint density at radius 3 is 0.288 bits per heavy atom. The summed E-state index contributed by atoms with van der Waals surface area (Å²) in [5, 5.41) is 0. The van der Waals surface area contributed by atoms with E-state index in [-0.39, 0.29) is 0 Å². The molecule has 0 radical (unpaired) electrons. The van der Waals surface area contributed by atoms with E-state index in [0.29, 0.717) is 0 Å². The van der Waals surface area contributed by atoms with Gasteiger partial charge in [-0.1, -0.05) is 438 Å². The second kappa shape index (κ2) is 72.0. The van der Waals surface area contributed by atoms with Crippen molar-refractivity contribution in [2.24, 2.45) is 0 Å². The zero-order valence-corrected chi connectivity index (χ0v) is 51.9. The van der Waals surface area contributed by atoms with Crippen LogP contribution in [0.4, 0.5) is 0 Å². The van der Waals surface area contributed by atoms with E-state index in [2.05, 4.69) is 13.8 Å². The van der Waals surface area contributed by atoms with Crippen molar-refractivity contribution in [2.45, 2.75) is 450 Å². The summed E-state index contributed by atoms with van der Waals surface area (Å²) in [5.41, 5.74) is 0. The average Bonchev–Trinajstić information content (AvgIpc) is 3.40. The molecule has 0 saturated heterocycles.